The quantitative estimate of drug-likeness (QED) is 0.782. The number of benzene rings is 1. The van der Waals surface area contributed by atoms with Crippen LogP contribution >= 0.6 is 11.6 Å². The fourth-order valence-electron chi connectivity index (χ4n) is 1.85. The summed E-state index contributed by atoms with van der Waals surface area (Å²) in [5.74, 6) is -0.631. The molecule has 0 aliphatic heterocycles. The lowest BCUT2D eigenvalue weighted by molar-refractivity contribution is 0.595. The highest BCUT2D eigenvalue weighted by atomic mass is 35.5. The largest absolute Gasteiger partial charge is 0.316 e. The molecule has 0 saturated carbocycles. The smallest absolute Gasteiger partial charge is 0.281 e. The third-order valence-electron chi connectivity index (χ3n) is 2.76. The van der Waals surface area contributed by atoms with Crippen LogP contribution in [0.1, 0.15) is 11.3 Å². The van der Waals surface area contributed by atoms with Gasteiger partial charge in [-0.1, -0.05) is 11.6 Å². The number of nitrogens with zero attached hydrogens (tertiary/aromatic N) is 1. The summed E-state index contributed by atoms with van der Waals surface area (Å²) < 4.78 is 40.2. The van der Waals surface area contributed by atoms with Crippen LogP contribution in [-0.2, 0) is 16.6 Å². The maximum Gasteiger partial charge on any atom is 0.281 e. The summed E-state index contributed by atoms with van der Waals surface area (Å²) in [6.07, 6.45) is 0. The fraction of sp³-hybridized carbons (Fsp3) is 0.250. The summed E-state index contributed by atoms with van der Waals surface area (Å²) in [6, 6.07) is 3.45. The van der Waals surface area contributed by atoms with Gasteiger partial charge in [0.05, 0.1) is 5.69 Å². The molecular weight excluding hydrogens is 319 g/mol. The van der Waals surface area contributed by atoms with Crippen molar-refractivity contribution in [3.63, 3.8) is 0 Å². The van der Waals surface area contributed by atoms with Crippen LogP contribution in [0.15, 0.2) is 23.2 Å². The second-order valence-corrected chi connectivity index (χ2v) is 6.46. The molecule has 21 heavy (non-hydrogen) atoms. The van der Waals surface area contributed by atoms with Crippen molar-refractivity contribution in [2.45, 2.75) is 18.5 Å². The molecule has 1 aromatic carbocycles. The van der Waals surface area contributed by atoms with Crippen molar-refractivity contribution < 1.29 is 12.8 Å². The fourth-order valence-corrected chi connectivity index (χ4v) is 3.32. The lowest BCUT2D eigenvalue weighted by atomic mass is 10.3. The molecule has 1 heterocycles. The van der Waals surface area contributed by atoms with Crippen LogP contribution in [0.3, 0.4) is 0 Å². The predicted molar refractivity (Wildman–Crippen MR) is 78.3 cm³/mol. The monoisotopic (exact) mass is 332 g/mol. The van der Waals surface area contributed by atoms with Gasteiger partial charge in [0.25, 0.3) is 10.0 Å². The first-order valence-electron chi connectivity index (χ1n) is 6.01. The van der Waals surface area contributed by atoms with Crippen LogP contribution in [-0.4, -0.2) is 25.7 Å². The lowest BCUT2D eigenvalue weighted by Crippen LogP contribution is -2.17. The molecule has 0 aliphatic carbocycles. The molecule has 6 nitrogen and oxygen atoms in total. The Kier molecular flexibility index (Phi) is 4.50. The number of H-pyrrole nitrogens is 1. The topological polar surface area (TPSA) is 86.9 Å². The second-order valence-electron chi connectivity index (χ2n) is 4.43. The summed E-state index contributed by atoms with van der Waals surface area (Å²) in [4.78, 5) is 0. The van der Waals surface area contributed by atoms with Crippen molar-refractivity contribution >= 4 is 27.3 Å². The molecule has 0 bridgehead atoms. The van der Waals surface area contributed by atoms with E-state index in [2.05, 4.69) is 20.2 Å². The Morgan fingerprint density at radius 3 is 2.71 bits per heavy atom. The van der Waals surface area contributed by atoms with Gasteiger partial charge in [0.15, 0.2) is 0 Å². The van der Waals surface area contributed by atoms with Crippen molar-refractivity contribution in [3.8, 4) is 0 Å². The van der Waals surface area contributed by atoms with Crippen LogP contribution in [0.4, 0.5) is 10.1 Å². The van der Waals surface area contributed by atoms with E-state index in [1.165, 1.54) is 6.07 Å². The van der Waals surface area contributed by atoms with Crippen molar-refractivity contribution in [2.75, 3.05) is 11.8 Å². The number of aromatic amines is 1. The van der Waals surface area contributed by atoms with Crippen molar-refractivity contribution in [3.05, 3.63) is 40.3 Å². The molecule has 0 saturated heterocycles. The van der Waals surface area contributed by atoms with Crippen LogP contribution in [0, 0.1) is 12.7 Å². The first kappa shape index (κ1) is 15.7. The van der Waals surface area contributed by atoms with Gasteiger partial charge in [-0.15, -0.1) is 0 Å². The molecule has 0 spiro atoms. The molecule has 0 radical (unpaired) electrons. The number of hydrogen-bond donors (Lipinski definition) is 3. The standard InChI is InChI=1S/C12H14ClFN4O2S/c1-7-11(6-15-2)12(17-16-7)21(19,20)18-10-4-8(13)3-9(14)5-10/h3-5,15,18H,6H2,1-2H3,(H,16,17). The Bertz CT molecular complexity index is 740. The van der Waals surface area contributed by atoms with E-state index in [0.29, 0.717) is 17.8 Å². The van der Waals surface area contributed by atoms with Gasteiger partial charge in [0.2, 0.25) is 5.03 Å². The van der Waals surface area contributed by atoms with Crippen molar-refractivity contribution in [2.24, 2.45) is 0 Å². The van der Waals surface area contributed by atoms with E-state index >= 15 is 0 Å². The molecule has 0 atom stereocenters. The Labute approximate surface area is 126 Å². The lowest BCUT2D eigenvalue weighted by Gasteiger charge is -2.08. The molecule has 2 aromatic rings. The molecule has 0 fully saturated rings. The van der Waals surface area contributed by atoms with Crippen molar-refractivity contribution in [1.82, 2.24) is 15.5 Å². The van der Waals surface area contributed by atoms with Gasteiger partial charge in [0, 0.05) is 22.8 Å². The molecule has 0 amide bonds. The van der Waals surface area contributed by atoms with E-state index in [4.69, 9.17) is 11.6 Å². The zero-order chi connectivity index (χ0) is 15.6. The van der Waals surface area contributed by atoms with Crippen LogP contribution in [0.5, 0.6) is 0 Å². The van der Waals surface area contributed by atoms with E-state index in [0.717, 1.165) is 12.1 Å². The van der Waals surface area contributed by atoms with Gasteiger partial charge in [-0.25, -0.2) is 4.39 Å². The number of halogens is 2. The third-order valence-corrected chi connectivity index (χ3v) is 4.33. The number of aryl methyl sites for hydroxylation is 1. The summed E-state index contributed by atoms with van der Waals surface area (Å²) >= 11 is 5.70. The summed E-state index contributed by atoms with van der Waals surface area (Å²) in [7, 11) is -2.24. The Morgan fingerprint density at radius 1 is 1.38 bits per heavy atom. The predicted octanol–water partition coefficient (Wildman–Crippen LogP) is 2.03. The van der Waals surface area contributed by atoms with E-state index in [1.807, 2.05) is 0 Å². The average molecular weight is 333 g/mol. The minimum atomic E-state index is -3.94. The SMILES string of the molecule is CNCc1c(S(=O)(=O)Nc2cc(F)cc(Cl)c2)n[nH]c1C. The van der Waals surface area contributed by atoms with Gasteiger partial charge < -0.3 is 5.32 Å². The third kappa shape index (κ3) is 3.52. The van der Waals surface area contributed by atoms with Crippen LogP contribution < -0.4 is 10.0 Å². The first-order valence-corrected chi connectivity index (χ1v) is 7.87. The molecule has 2 rings (SSSR count). The number of nitrogens with one attached hydrogen (secondary N) is 3. The summed E-state index contributed by atoms with van der Waals surface area (Å²) in [5.41, 5.74) is 1.20. The summed E-state index contributed by atoms with van der Waals surface area (Å²) in [6.45, 7) is 2.06. The average Bonchev–Trinajstić information content (AvgIpc) is 2.70. The Morgan fingerprint density at radius 2 is 2.10 bits per heavy atom. The van der Waals surface area contributed by atoms with Crippen molar-refractivity contribution in [1.29, 1.82) is 0 Å². The van der Waals surface area contributed by atoms with E-state index in [1.54, 1.807) is 14.0 Å². The molecular formula is C12H14ClFN4O2S. The highest BCUT2D eigenvalue weighted by Crippen LogP contribution is 2.23. The molecule has 0 aliphatic rings. The summed E-state index contributed by atoms with van der Waals surface area (Å²) in [5, 5.41) is 9.27. The zero-order valence-corrected chi connectivity index (χ0v) is 12.9. The van der Waals surface area contributed by atoms with Gasteiger partial charge in [-0.2, -0.15) is 13.5 Å². The molecule has 3 N–H and O–H groups in total. The van der Waals surface area contributed by atoms with E-state index in [9.17, 15) is 12.8 Å². The van der Waals surface area contributed by atoms with E-state index < -0.39 is 15.8 Å². The Balaban J connectivity index is 2.38. The highest BCUT2D eigenvalue weighted by Gasteiger charge is 2.23. The van der Waals surface area contributed by atoms with Gasteiger partial charge in [-0.3, -0.25) is 9.82 Å². The number of sulfonamides is 1. The Hall–Kier alpha value is -1.64. The minimum Gasteiger partial charge on any atom is -0.316 e. The number of hydrogen-bond acceptors (Lipinski definition) is 4. The molecule has 1 aromatic heterocycles. The van der Waals surface area contributed by atoms with Crippen LogP contribution in [0.2, 0.25) is 5.02 Å². The first-order chi connectivity index (χ1) is 9.83. The molecule has 0 unspecified atom stereocenters. The number of rotatable bonds is 5. The van der Waals surface area contributed by atoms with Gasteiger partial charge in [0.1, 0.15) is 5.82 Å². The van der Waals surface area contributed by atoms with Gasteiger partial charge in [-0.05, 0) is 32.2 Å². The maximum absolute atomic E-state index is 13.3. The number of aromatic nitrogens is 2. The zero-order valence-electron chi connectivity index (χ0n) is 11.4. The van der Waals surface area contributed by atoms with Gasteiger partial charge >= 0.3 is 0 Å². The van der Waals surface area contributed by atoms with E-state index in [-0.39, 0.29) is 15.7 Å². The normalized spacial score (nSPS) is 11.6. The minimum absolute atomic E-state index is 0.0380. The number of anilines is 1. The molecule has 114 valence electrons. The van der Waals surface area contributed by atoms with Crippen LogP contribution in [0.25, 0.3) is 0 Å². The maximum atomic E-state index is 13.3. The second kappa shape index (κ2) is 6.00. The highest BCUT2D eigenvalue weighted by molar-refractivity contribution is 7.92. The molecule has 9 heteroatoms.